The number of carbonyl (C=O) groups excluding carboxylic acids is 1. The number of primary amides is 1. The lowest BCUT2D eigenvalue weighted by atomic mass is 9.92. The number of amides is 2. The molecule has 178 valence electrons. The number of nitrogens with two attached hydrogens (primary N) is 1. The van der Waals surface area contributed by atoms with Crippen LogP contribution in [0.1, 0.15) is 67.9 Å². The van der Waals surface area contributed by atoms with Crippen LogP contribution in [0, 0.1) is 0 Å². The molecule has 1 aliphatic rings. The number of piperidine rings is 1. The van der Waals surface area contributed by atoms with E-state index in [-0.39, 0.29) is 23.3 Å². The summed E-state index contributed by atoms with van der Waals surface area (Å²) in [7, 11) is 0. The summed E-state index contributed by atoms with van der Waals surface area (Å²) in [6.45, 7) is 8.63. The number of aliphatic hydroxyl groups is 1. The first kappa shape index (κ1) is 24.2. The molecule has 2 amide bonds. The largest absolute Gasteiger partial charge is 0.465 e. The number of aromatic nitrogens is 2. The van der Waals surface area contributed by atoms with Crippen molar-refractivity contribution in [2.24, 2.45) is 5.73 Å². The van der Waals surface area contributed by atoms with Gasteiger partial charge in [-0.25, -0.2) is 9.78 Å². The highest BCUT2D eigenvalue weighted by molar-refractivity contribution is 5.98. The minimum atomic E-state index is -1.07. The zero-order valence-electron chi connectivity index (χ0n) is 19.4. The fraction of sp³-hybridized carbons (Fsp3) is 0.478. The number of benzene rings is 1. The molecule has 2 heterocycles. The summed E-state index contributed by atoms with van der Waals surface area (Å²) in [4.78, 5) is 33.8. The third-order valence-corrected chi connectivity index (χ3v) is 5.66. The molecular formula is C23H32N6O4. The molecule has 1 aromatic carbocycles. The molecule has 1 aromatic heterocycles. The van der Waals surface area contributed by atoms with Crippen molar-refractivity contribution in [3.63, 3.8) is 0 Å². The van der Waals surface area contributed by atoms with Crippen LogP contribution in [0.3, 0.4) is 0 Å². The molecule has 0 aliphatic carbocycles. The lowest BCUT2D eigenvalue weighted by molar-refractivity contribution is 0.0785. The maximum Gasteiger partial charge on any atom is 0.404 e. The summed E-state index contributed by atoms with van der Waals surface area (Å²) in [6, 6.07) is 5.48. The number of anilines is 3. The monoisotopic (exact) mass is 456 g/mol. The fourth-order valence-corrected chi connectivity index (χ4v) is 3.80. The Balaban J connectivity index is 1.96. The quantitative estimate of drug-likeness (QED) is 0.426. The van der Waals surface area contributed by atoms with Crippen molar-refractivity contribution < 1.29 is 19.8 Å². The van der Waals surface area contributed by atoms with Crippen LogP contribution < -0.4 is 21.3 Å². The third kappa shape index (κ3) is 6.10. The number of hydrogen-bond acceptors (Lipinski definition) is 7. The molecule has 10 nitrogen and oxygen atoms in total. The Kier molecular flexibility index (Phi) is 7.06. The standard InChI is InChI=1S/C23H32N6O4/c1-13(2)14-8-15(23(3,4)33)10-17(9-14)26-20-18(19(24)30)11-25-21(28-20)29-7-5-6-16(12-29)27-22(31)32/h8-11,13,16,27,33H,5-7,12H2,1-4H3,(H2,24,30)(H,31,32)(H,25,26,28). The lowest BCUT2D eigenvalue weighted by Crippen LogP contribution is -2.48. The molecule has 0 spiro atoms. The van der Waals surface area contributed by atoms with E-state index in [1.807, 2.05) is 23.1 Å². The van der Waals surface area contributed by atoms with Gasteiger partial charge in [0.1, 0.15) is 11.4 Å². The van der Waals surface area contributed by atoms with Crippen LogP contribution in [0.4, 0.5) is 22.2 Å². The van der Waals surface area contributed by atoms with E-state index < -0.39 is 17.6 Å². The fourth-order valence-electron chi connectivity index (χ4n) is 3.80. The molecule has 6 N–H and O–H groups in total. The third-order valence-electron chi connectivity index (χ3n) is 5.66. The summed E-state index contributed by atoms with van der Waals surface area (Å²) < 4.78 is 0. The number of hydrogen-bond donors (Lipinski definition) is 5. The zero-order valence-corrected chi connectivity index (χ0v) is 19.4. The van der Waals surface area contributed by atoms with Gasteiger partial charge in [0, 0.05) is 31.0 Å². The molecule has 1 unspecified atom stereocenters. The van der Waals surface area contributed by atoms with Crippen molar-refractivity contribution in [1.29, 1.82) is 0 Å². The number of carbonyl (C=O) groups is 2. The Bertz CT molecular complexity index is 1030. The van der Waals surface area contributed by atoms with Crippen LogP contribution in [0.5, 0.6) is 0 Å². The highest BCUT2D eigenvalue weighted by Crippen LogP contribution is 2.30. The maximum atomic E-state index is 12.0. The predicted octanol–water partition coefficient (Wildman–Crippen LogP) is 2.91. The van der Waals surface area contributed by atoms with Gasteiger partial charge in [-0.1, -0.05) is 19.9 Å². The number of nitrogens with zero attached hydrogens (tertiary/aromatic N) is 3. The SMILES string of the molecule is CC(C)c1cc(Nc2nc(N3CCCC(NC(=O)O)C3)ncc2C(N)=O)cc(C(C)(C)O)c1. The van der Waals surface area contributed by atoms with Crippen molar-refractivity contribution in [3.8, 4) is 0 Å². The first-order valence-corrected chi connectivity index (χ1v) is 11.0. The van der Waals surface area contributed by atoms with Crippen LogP contribution in [-0.2, 0) is 5.60 Å². The van der Waals surface area contributed by atoms with Crippen molar-refractivity contribution >= 4 is 29.5 Å². The average molecular weight is 457 g/mol. The van der Waals surface area contributed by atoms with Crippen molar-refractivity contribution in [2.75, 3.05) is 23.3 Å². The van der Waals surface area contributed by atoms with Crippen LogP contribution in [0.15, 0.2) is 24.4 Å². The molecular weight excluding hydrogens is 424 g/mol. The van der Waals surface area contributed by atoms with Gasteiger partial charge >= 0.3 is 6.09 Å². The van der Waals surface area contributed by atoms with E-state index in [1.54, 1.807) is 13.8 Å². The van der Waals surface area contributed by atoms with Crippen LogP contribution in [0.25, 0.3) is 0 Å². The van der Waals surface area contributed by atoms with Crippen molar-refractivity contribution in [2.45, 2.75) is 58.1 Å². The van der Waals surface area contributed by atoms with Crippen LogP contribution in [-0.4, -0.2) is 51.3 Å². The Hall–Kier alpha value is -3.40. The van der Waals surface area contributed by atoms with E-state index in [0.717, 1.165) is 24.0 Å². The molecule has 33 heavy (non-hydrogen) atoms. The second kappa shape index (κ2) is 9.62. The number of nitrogens with one attached hydrogen (secondary N) is 2. The van der Waals surface area contributed by atoms with E-state index >= 15 is 0 Å². The Labute approximate surface area is 193 Å². The predicted molar refractivity (Wildman–Crippen MR) is 126 cm³/mol. The highest BCUT2D eigenvalue weighted by atomic mass is 16.4. The van der Waals surface area contributed by atoms with E-state index in [2.05, 4.69) is 34.4 Å². The van der Waals surface area contributed by atoms with Crippen LogP contribution >= 0.6 is 0 Å². The topological polar surface area (TPSA) is 154 Å². The molecule has 3 rings (SSSR count). The normalized spacial score (nSPS) is 16.5. The smallest absolute Gasteiger partial charge is 0.404 e. The molecule has 0 radical (unpaired) electrons. The molecule has 1 atom stereocenters. The second-order valence-electron chi connectivity index (χ2n) is 9.21. The Morgan fingerprint density at radius 2 is 2.00 bits per heavy atom. The summed E-state index contributed by atoms with van der Waals surface area (Å²) >= 11 is 0. The first-order chi connectivity index (χ1) is 15.4. The average Bonchev–Trinajstić information content (AvgIpc) is 2.72. The van der Waals surface area contributed by atoms with Gasteiger partial charge < -0.3 is 31.5 Å². The maximum absolute atomic E-state index is 12.0. The molecule has 0 saturated carbocycles. The van der Waals surface area contributed by atoms with E-state index in [4.69, 9.17) is 10.8 Å². The van der Waals surface area contributed by atoms with Crippen molar-refractivity contribution in [3.05, 3.63) is 41.1 Å². The summed E-state index contributed by atoms with van der Waals surface area (Å²) in [5, 5.41) is 25.3. The van der Waals surface area contributed by atoms with Gasteiger partial charge in [0.2, 0.25) is 5.95 Å². The number of carboxylic acid groups (broad SMARTS) is 1. The van der Waals surface area contributed by atoms with E-state index in [0.29, 0.717) is 24.7 Å². The highest BCUT2D eigenvalue weighted by Gasteiger charge is 2.25. The Morgan fingerprint density at radius 1 is 1.27 bits per heavy atom. The minimum Gasteiger partial charge on any atom is -0.465 e. The minimum absolute atomic E-state index is 0.135. The molecule has 10 heteroatoms. The molecule has 2 aromatic rings. The lowest BCUT2D eigenvalue weighted by Gasteiger charge is -2.32. The summed E-state index contributed by atoms with van der Waals surface area (Å²) in [5.41, 5.74) is 7.05. The Morgan fingerprint density at radius 3 is 2.61 bits per heavy atom. The summed E-state index contributed by atoms with van der Waals surface area (Å²) in [5.74, 6) is 0.179. The van der Waals surface area contributed by atoms with Gasteiger partial charge in [-0.3, -0.25) is 4.79 Å². The van der Waals surface area contributed by atoms with Gasteiger partial charge in [-0.2, -0.15) is 4.98 Å². The molecule has 1 saturated heterocycles. The van der Waals surface area contributed by atoms with Crippen molar-refractivity contribution in [1.82, 2.24) is 15.3 Å². The zero-order chi connectivity index (χ0) is 24.3. The first-order valence-electron chi connectivity index (χ1n) is 11.0. The van der Waals surface area contributed by atoms with Crippen LogP contribution in [0.2, 0.25) is 0 Å². The van der Waals surface area contributed by atoms with Gasteiger partial charge in [-0.05, 0) is 55.9 Å². The second-order valence-corrected chi connectivity index (χ2v) is 9.21. The van der Waals surface area contributed by atoms with Gasteiger partial charge in [0.25, 0.3) is 5.91 Å². The van der Waals surface area contributed by atoms with E-state index in [1.165, 1.54) is 6.20 Å². The van der Waals surface area contributed by atoms with Gasteiger partial charge in [0.05, 0.1) is 5.60 Å². The van der Waals surface area contributed by atoms with E-state index in [9.17, 15) is 14.7 Å². The summed E-state index contributed by atoms with van der Waals surface area (Å²) in [6.07, 6.45) is 1.82. The van der Waals surface area contributed by atoms with Gasteiger partial charge in [0.15, 0.2) is 0 Å². The number of rotatable bonds is 7. The molecule has 1 fully saturated rings. The van der Waals surface area contributed by atoms with Gasteiger partial charge in [-0.15, -0.1) is 0 Å². The molecule has 1 aliphatic heterocycles. The molecule has 0 bridgehead atoms.